The van der Waals surface area contributed by atoms with E-state index in [1.807, 2.05) is 0 Å². The maximum Gasteiger partial charge on any atom is 0.416 e. The number of alkyl halides is 3. The van der Waals surface area contributed by atoms with Crippen molar-refractivity contribution in [2.45, 2.75) is 38.9 Å². The Morgan fingerprint density at radius 2 is 1.85 bits per heavy atom. The van der Waals surface area contributed by atoms with Gasteiger partial charge >= 0.3 is 6.18 Å². The lowest BCUT2D eigenvalue weighted by Crippen LogP contribution is -2.04. The molecular weight excluding hydrogens is 367 g/mol. The molecular formula is C18H17ClF3N3O. The number of rotatable bonds is 5. The summed E-state index contributed by atoms with van der Waals surface area (Å²) in [6.45, 7) is 2.59. The van der Waals surface area contributed by atoms with Gasteiger partial charge in [-0.05, 0) is 24.1 Å². The fourth-order valence-corrected chi connectivity index (χ4v) is 3.14. The Kier molecular flexibility index (Phi) is 5.09. The smallest absolute Gasteiger partial charge is 0.416 e. The van der Waals surface area contributed by atoms with Gasteiger partial charge in [-0.3, -0.25) is 4.57 Å². The lowest BCUT2D eigenvalue weighted by atomic mass is 10.0. The Bertz CT molecular complexity index is 920. The standard InChI is InChI=1S/C18H17ClF3N3O/c1-2-3-4-9-25-15-14(13(19)10-23-16(15)24-17(25)26)11-5-7-12(8-6-11)18(20,21)22/h5-8,10H,2-4,9H2,1H3,(H,23,24,26). The second-order valence-corrected chi connectivity index (χ2v) is 6.41. The minimum atomic E-state index is -4.41. The van der Waals surface area contributed by atoms with Crippen LogP contribution in [0.3, 0.4) is 0 Å². The van der Waals surface area contributed by atoms with Crippen LogP contribution in [-0.4, -0.2) is 19.6 Å². The van der Waals surface area contributed by atoms with Crippen molar-refractivity contribution >= 4 is 22.8 Å². The summed E-state index contributed by atoms with van der Waals surface area (Å²) in [6.07, 6.45) is -0.203. The quantitative estimate of drug-likeness (QED) is 0.578. The van der Waals surface area contributed by atoms with Gasteiger partial charge < -0.3 is 5.11 Å². The number of aromatic hydroxyl groups is 1. The minimum absolute atomic E-state index is 0.181. The second kappa shape index (κ2) is 7.15. The Hall–Kier alpha value is -2.28. The van der Waals surface area contributed by atoms with Crippen LogP contribution in [-0.2, 0) is 12.7 Å². The Labute approximate surface area is 153 Å². The predicted molar refractivity (Wildman–Crippen MR) is 94.2 cm³/mol. The van der Waals surface area contributed by atoms with E-state index in [-0.39, 0.29) is 11.0 Å². The van der Waals surface area contributed by atoms with Gasteiger partial charge in [0.05, 0.1) is 16.1 Å². The molecule has 3 rings (SSSR count). The van der Waals surface area contributed by atoms with Crippen LogP contribution in [0.25, 0.3) is 22.3 Å². The van der Waals surface area contributed by atoms with Crippen LogP contribution in [0.15, 0.2) is 30.5 Å². The van der Waals surface area contributed by atoms with E-state index < -0.39 is 11.7 Å². The molecule has 1 N–H and O–H groups in total. The van der Waals surface area contributed by atoms with E-state index in [1.54, 1.807) is 4.57 Å². The third-order valence-corrected chi connectivity index (χ3v) is 4.48. The Morgan fingerprint density at radius 3 is 2.46 bits per heavy atom. The first-order valence-electron chi connectivity index (χ1n) is 8.24. The molecule has 0 fully saturated rings. The van der Waals surface area contributed by atoms with Crippen molar-refractivity contribution in [3.8, 4) is 17.1 Å². The Morgan fingerprint density at radius 1 is 1.15 bits per heavy atom. The fourth-order valence-electron chi connectivity index (χ4n) is 2.89. The molecule has 0 amide bonds. The van der Waals surface area contributed by atoms with Crippen LogP contribution in [0, 0.1) is 0 Å². The SMILES string of the molecule is CCCCCn1c(O)nc2ncc(Cl)c(-c3ccc(C(F)(F)F)cc3)c21. The van der Waals surface area contributed by atoms with Crippen LogP contribution >= 0.6 is 11.6 Å². The van der Waals surface area contributed by atoms with E-state index in [2.05, 4.69) is 16.9 Å². The van der Waals surface area contributed by atoms with Crippen molar-refractivity contribution in [2.24, 2.45) is 0 Å². The van der Waals surface area contributed by atoms with Gasteiger partial charge in [-0.1, -0.05) is 43.5 Å². The summed E-state index contributed by atoms with van der Waals surface area (Å²) in [4.78, 5) is 8.17. The summed E-state index contributed by atoms with van der Waals surface area (Å²) >= 11 is 6.30. The number of unbranched alkanes of at least 4 members (excludes halogenated alkanes) is 2. The van der Waals surface area contributed by atoms with Gasteiger partial charge in [-0.25, -0.2) is 4.98 Å². The summed E-state index contributed by atoms with van der Waals surface area (Å²) < 4.78 is 40.0. The number of benzene rings is 1. The summed E-state index contributed by atoms with van der Waals surface area (Å²) in [7, 11) is 0. The molecule has 138 valence electrons. The van der Waals surface area contributed by atoms with E-state index in [9.17, 15) is 18.3 Å². The van der Waals surface area contributed by atoms with Gasteiger partial charge in [-0.2, -0.15) is 18.2 Å². The molecule has 0 aliphatic rings. The van der Waals surface area contributed by atoms with Crippen molar-refractivity contribution in [1.82, 2.24) is 14.5 Å². The largest absolute Gasteiger partial charge is 0.480 e. The van der Waals surface area contributed by atoms with E-state index in [0.29, 0.717) is 28.8 Å². The van der Waals surface area contributed by atoms with Crippen molar-refractivity contribution in [2.75, 3.05) is 0 Å². The van der Waals surface area contributed by atoms with Crippen LogP contribution in [0.5, 0.6) is 6.01 Å². The molecule has 26 heavy (non-hydrogen) atoms. The Balaban J connectivity index is 2.14. The van der Waals surface area contributed by atoms with Gasteiger partial charge in [0, 0.05) is 18.3 Å². The first-order valence-corrected chi connectivity index (χ1v) is 8.62. The number of aryl methyl sites for hydroxylation is 1. The van der Waals surface area contributed by atoms with Crippen molar-refractivity contribution in [1.29, 1.82) is 0 Å². The number of imidazole rings is 1. The fraction of sp³-hybridized carbons (Fsp3) is 0.333. The molecule has 0 aliphatic carbocycles. The third kappa shape index (κ3) is 3.49. The zero-order valence-corrected chi connectivity index (χ0v) is 14.8. The lowest BCUT2D eigenvalue weighted by molar-refractivity contribution is -0.137. The second-order valence-electron chi connectivity index (χ2n) is 6.00. The summed E-state index contributed by atoms with van der Waals surface area (Å²) in [6, 6.07) is 4.57. The van der Waals surface area contributed by atoms with Crippen LogP contribution in [0.4, 0.5) is 13.2 Å². The third-order valence-electron chi connectivity index (χ3n) is 4.19. The molecule has 0 atom stereocenters. The van der Waals surface area contributed by atoms with Gasteiger partial charge in [-0.15, -0.1) is 0 Å². The average molecular weight is 384 g/mol. The van der Waals surface area contributed by atoms with Gasteiger partial charge in [0.2, 0.25) is 0 Å². The number of nitrogens with zero attached hydrogens (tertiary/aromatic N) is 3. The molecule has 2 heterocycles. The molecule has 0 aliphatic heterocycles. The summed E-state index contributed by atoms with van der Waals surface area (Å²) in [5.74, 6) is 0. The van der Waals surface area contributed by atoms with Crippen molar-refractivity contribution in [3.63, 3.8) is 0 Å². The highest BCUT2D eigenvalue weighted by Gasteiger charge is 2.30. The van der Waals surface area contributed by atoms with Gasteiger partial charge in [0.25, 0.3) is 6.01 Å². The minimum Gasteiger partial charge on any atom is -0.480 e. The molecule has 1 aromatic carbocycles. The molecule has 4 nitrogen and oxygen atoms in total. The zero-order valence-electron chi connectivity index (χ0n) is 14.0. The van der Waals surface area contributed by atoms with Crippen LogP contribution in [0.1, 0.15) is 31.7 Å². The predicted octanol–water partition coefficient (Wildman–Crippen LogP) is 5.67. The molecule has 3 aromatic rings. The molecule has 0 saturated heterocycles. The number of hydrogen-bond donors (Lipinski definition) is 1. The topological polar surface area (TPSA) is 50.9 Å². The number of halogens is 4. The van der Waals surface area contributed by atoms with Crippen LogP contribution < -0.4 is 0 Å². The molecule has 0 unspecified atom stereocenters. The molecule has 0 radical (unpaired) electrons. The van der Waals surface area contributed by atoms with E-state index in [0.717, 1.165) is 31.4 Å². The molecule has 2 aromatic heterocycles. The normalized spacial score (nSPS) is 12.0. The number of hydrogen-bond acceptors (Lipinski definition) is 3. The molecule has 0 saturated carbocycles. The van der Waals surface area contributed by atoms with Crippen molar-refractivity contribution in [3.05, 3.63) is 41.0 Å². The maximum atomic E-state index is 12.8. The van der Waals surface area contributed by atoms with E-state index >= 15 is 0 Å². The summed E-state index contributed by atoms with van der Waals surface area (Å²) in [5, 5.41) is 10.5. The van der Waals surface area contributed by atoms with E-state index in [4.69, 9.17) is 11.6 Å². The molecule has 0 spiro atoms. The first-order chi connectivity index (χ1) is 12.3. The average Bonchev–Trinajstić information content (AvgIpc) is 2.90. The monoisotopic (exact) mass is 383 g/mol. The highest BCUT2D eigenvalue weighted by atomic mass is 35.5. The molecule has 0 bridgehead atoms. The molecule has 8 heteroatoms. The number of pyridine rings is 1. The summed E-state index contributed by atoms with van der Waals surface area (Å²) in [5.41, 5.74) is 1.10. The van der Waals surface area contributed by atoms with E-state index in [1.165, 1.54) is 18.3 Å². The zero-order chi connectivity index (χ0) is 18.9. The number of fused-ring (bicyclic) bond motifs is 1. The highest BCUT2D eigenvalue weighted by molar-refractivity contribution is 6.34. The van der Waals surface area contributed by atoms with Gasteiger partial charge in [0.1, 0.15) is 0 Å². The lowest BCUT2D eigenvalue weighted by Gasteiger charge is -2.12. The van der Waals surface area contributed by atoms with Gasteiger partial charge in [0.15, 0.2) is 5.65 Å². The maximum absolute atomic E-state index is 12.8. The number of aromatic nitrogens is 3. The van der Waals surface area contributed by atoms with Crippen molar-refractivity contribution < 1.29 is 18.3 Å². The highest BCUT2D eigenvalue weighted by Crippen LogP contribution is 2.37. The first kappa shape index (κ1) is 18.5. The van der Waals surface area contributed by atoms with Crippen LogP contribution in [0.2, 0.25) is 5.02 Å².